The Morgan fingerprint density at radius 3 is 2.55 bits per heavy atom. The summed E-state index contributed by atoms with van der Waals surface area (Å²) >= 11 is 0. The van der Waals surface area contributed by atoms with Gasteiger partial charge in [0, 0.05) is 19.1 Å². The summed E-state index contributed by atoms with van der Waals surface area (Å²) in [6.07, 6.45) is 2.71. The SMILES string of the molecule is CCS(=O)(=O)c1ccccc1N1CCCC(NS(C)(=O)=O)C1. The molecule has 2 rings (SSSR count). The molecule has 0 spiro atoms. The highest BCUT2D eigenvalue weighted by molar-refractivity contribution is 7.91. The average Bonchev–Trinajstić information content (AvgIpc) is 2.46. The summed E-state index contributed by atoms with van der Waals surface area (Å²) in [6, 6.07) is 6.72. The first-order valence-electron chi connectivity index (χ1n) is 7.27. The van der Waals surface area contributed by atoms with Crippen molar-refractivity contribution in [1.82, 2.24) is 4.72 Å². The second kappa shape index (κ2) is 6.55. The highest BCUT2D eigenvalue weighted by Crippen LogP contribution is 2.28. The Bertz CT molecular complexity index is 729. The zero-order chi connectivity index (χ0) is 16.4. The molecule has 0 amide bonds. The van der Waals surface area contributed by atoms with Crippen molar-refractivity contribution in [1.29, 1.82) is 0 Å². The molecule has 6 nitrogen and oxygen atoms in total. The highest BCUT2D eigenvalue weighted by atomic mass is 32.2. The fourth-order valence-corrected chi connectivity index (χ4v) is 4.64. The van der Waals surface area contributed by atoms with E-state index in [0.29, 0.717) is 17.1 Å². The van der Waals surface area contributed by atoms with Crippen molar-refractivity contribution >= 4 is 25.5 Å². The topological polar surface area (TPSA) is 83.6 Å². The van der Waals surface area contributed by atoms with Gasteiger partial charge < -0.3 is 4.90 Å². The summed E-state index contributed by atoms with van der Waals surface area (Å²) in [6.45, 7) is 2.82. The van der Waals surface area contributed by atoms with E-state index in [1.807, 2.05) is 4.90 Å². The molecule has 8 heteroatoms. The maximum absolute atomic E-state index is 12.2. The van der Waals surface area contributed by atoms with E-state index in [9.17, 15) is 16.8 Å². The van der Waals surface area contributed by atoms with Crippen LogP contribution in [0.4, 0.5) is 5.69 Å². The van der Waals surface area contributed by atoms with Gasteiger partial charge in [-0.15, -0.1) is 0 Å². The first-order chi connectivity index (χ1) is 10.2. The molecule has 1 aromatic rings. The van der Waals surface area contributed by atoms with E-state index < -0.39 is 19.9 Å². The van der Waals surface area contributed by atoms with Crippen molar-refractivity contribution in [3.63, 3.8) is 0 Å². The number of nitrogens with one attached hydrogen (secondary N) is 1. The summed E-state index contributed by atoms with van der Waals surface area (Å²) in [7, 11) is -6.58. The first-order valence-corrected chi connectivity index (χ1v) is 10.8. The van der Waals surface area contributed by atoms with Crippen LogP contribution in [-0.2, 0) is 19.9 Å². The van der Waals surface area contributed by atoms with E-state index >= 15 is 0 Å². The third-order valence-electron chi connectivity index (χ3n) is 3.72. The van der Waals surface area contributed by atoms with Gasteiger partial charge in [-0.05, 0) is 25.0 Å². The van der Waals surface area contributed by atoms with Crippen molar-refractivity contribution in [2.24, 2.45) is 0 Å². The Morgan fingerprint density at radius 1 is 1.23 bits per heavy atom. The molecule has 0 saturated carbocycles. The monoisotopic (exact) mass is 346 g/mol. The second-order valence-electron chi connectivity index (χ2n) is 5.55. The van der Waals surface area contributed by atoms with Crippen LogP contribution in [0, 0.1) is 0 Å². The molecular weight excluding hydrogens is 324 g/mol. The van der Waals surface area contributed by atoms with E-state index in [4.69, 9.17) is 0 Å². The molecule has 1 saturated heterocycles. The molecule has 22 heavy (non-hydrogen) atoms. The number of hydrogen-bond acceptors (Lipinski definition) is 5. The highest BCUT2D eigenvalue weighted by Gasteiger charge is 2.26. The van der Waals surface area contributed by atoms with Crippen LogP contribution in [0.25, 0.3) is 0 Å². The number of sulfone groups is 1. The summed E-state index contributed by atoms with van der Waals surface area (Å²) < 4.78 is 49.9. The van der Waals surface area contributed by atoms with E-state index in [2.05, 4.69) is 4.72 Å². The van der Waals surface area contributed by atoms with Crippen LogP contribution in [0.5, 0.6) is 0 Å². The van der Waals surface area contributed by atoms with Crippen molar-refractivity contribution in [2.45, 2.75) is 30.7 Å². The number of hydrogen-bond donors (Lipinski definition) is 1. The van der Waals surface area contributed by atoms with Crippen LogP contribution in [0.1, 0.15) is 19.8 Å². The first kappa shape index (κ1) is 17.2. The fraction of sp³-hybridized carbons (Fsp3) is 0.571. The van der Waals surface area contributed by atoms with E-state index in [1.165, 1.54) is 0 Å². The molecule has 1 heterocycles. The van der Waals surface area contributed by atoms with Gasteiger partial charge in [0.25, 0.3) is 0 Å². The third kappa shape index (κ3) is 4.21. The number of benzene rings is 1. The number of nitrogens with zero attached hydrogens (tertiary/aromatic N) is 1. The molecule has 0 radical (unpaired) electrons. The minimum atomic E-state index is -3.31. The van der Waals surface area contributed by atoms with Crippen molar-refractivity contribution in [3.8, 4) is 0 Å². The Labute approximate surface area is 132 Å². The summed E-state index contributed by atoms with van der Waals surface area (Å²) in [4.78, 5) is 2.27. The lowest BCUT2D eigenvalue weighted by Crippen LogP contribution is -2.47. The van der Waals surface area contributed by atoms with Gasteiger partial charge in [0.2, 0.25) is 10.0 Å². The van der Waals surface area contributed by atoms with Gasteiger partial charge in [-0.1, -0.05) is 19.1 Å². The van der Waals surface area contributed by atoms with Crippen molar-refractivity contribution in [2.75, 3.05) is 30.0 Å². The smallest absolute Gasteiger partial charge is 0.209 e. The minimum Gasteiger partial charge on any atom is -0.369 e. The predicted molar refractivity (Wildman–Crippen MR) is 87.4 cm³/mol. The lowest BCUT2D eigenvalue weighted by Gasteiger charge is -2.35. The normalized spacial score (nSPS) is 20.1. The molecule has 1 fully saturated rings. The summed E-state index contributed by atoms with van der Waals surface area (Å²) in [5.74, 6) is 0.0445. The predicted octanol–water partition coefficient (Wildman–Crippen LogP) is 0.998. The molecule has 0 aliphatic carbocycles. The Balaban J connectivity index is 2.29. The van der Waals surface area contributed by atoms with Crippen LogP contribution in [0.15, 0.2) is 29.2 Å². The molecule has 1 unspecified atom stereocenters. The zero-order valence-electron chi connectivity index (χ0n) is 12.8. The fourth-order valence-electron chi connectivity index (χ4n) is 2.73. The maximum Gasteiger partial charge on any atom is 0.209 e. The van der Waals surface area contributed by atoms with Crippen LogP contribution >= 0.6 is 0 Å². The number of sulfonamides is 1. The summed E-state index contributed by atoms with van der Waals surface area (Å²) in [5.41, 5.74) is 0.657. The largest absolute Gasteiger partial charge is 0.369 e. The van der Waals surface area contributed by atoms with Gasteiger partial charge in [-0.2, -0.15) is 0 Å². The number of rotatable bonds is 5. The molecule has 0 aromatic heterocycles. The Kier molecular flexibility index (Phi) is 5.14. The molecule has 1 aromatic carbocycles. The molecule has 1 N–H and O–H groups in total. The molecule has 0 bridgehead atoms. The lowest BCUT2D eigenvalue weighted by molar-refractivity contribution is 0.466. The van der Waals surface area contributed by atoms with Gasteiger partial charge in [0.15, 0.2) is 9.84 Å². The Morgan fingerprint density at radius 2 is 1.91 bits per heavy atom. The van der Waals surface area contributed by atoms with Gasteiger partial charge in [-0.25, -0.2) is 21.6 Å². The number of anilines is 1. The second-order valence-corrected chi connectivity index (χ2v) is 9.57. The van der Waals surface area contributed by atoms with Gasteiger partial charge in [0.1, 0.15) is 0 Å². The zero-order valence-corrected chi connectivity index (χ0v) is 14.5. The standard InChI is InChI=1S/C14H22N2O4S2/c1-3-22(19,20)14-9-5-4-8-13(14)16-10-6-7-12(11-16)15-21(2,17)18/h4-5,8-9,12,15H,3,6-7,10-11H2,1-2H3. The van der Waals surface area contributed by atoms with Crippen LogP contribution in [-0.4, -0.2) is 48.0 Å². The molecular formula is C14H22N2O4S2. The lowest BCUT2D eigenvalue weighted by atomic mass is 10.1. The van der Waals surface area contributed by atoms with Crippen LogP contribution in [0.3, 0.4) is 0 Å². The van der Waals surface area contributed by atoms with Crippen molar-refractivity contribution in [3.05, 3.63) is 24.3 Å². The third-order valence-corrected chi connectivity index (χ3v) is 6.26. The minimum absolute atomic E-state index is 0.0445. The average molecular weight is 346 g/mol. The van der Waals surface area contributed by atoms with Gasteiger partial charge >= 0.3 is 0 Å². The summed E-state index contributed by atoms with van der Waals surface area (Å²) in [5, 5.41) is 0. The van der Waals surface area contributed by atoms with Crippen LogP contribution in [0.2, 0.25) is 0 Å². The molecule has 1 aliphatic rings. The molecule has 124 valence electrons. The molecule has 1 atom stereocenters. The number of para-hydroxylation sites is 1. The quantitative estimate of drug-likeness (QED) is 0.860. The van der Waals surface area contributed by atoms with E-state index in [-0.39, 0.29) is 11.8 Å². The van der Waals surface area contributed by atoms with E-state index in [0.717, 1.165) is 25.6 Å². The maximum atomic E-state index is 12.2. The molecule has 1 aliphatic heterocycles. The van der Waals surface area contributed by atoms with Crippen LogP contribution < -0.4 is 9.62 Å². The van der Waals surface area contributed by atoms with E-state index in [1.54, 1.807) is 31.2 Å². The Hall–Kier alpha value is -1.12. The number of piperidine rings is 1. The van der Waals surface area contributed by atoms with Gasteiger partial charge in [-0.3, -0.25) is 0 Å². The van der Waals surface area contributed by atoms with Gasteiger partial charge in [0.05, 0.1) is 22.6 Å². The van der Waals surface area contributed by atoms with Crippen molar-refractivity contribution < 1.29 is 16.8 Å².